The van der Waals surface area contributed by atoms with Gasteiger partial charge in [-0.25, -0.2) is 0 Å². The Morgan fingerprint density at radius 1 is 0.722 bits per heavy atom. The second-order valence-corrected chi connectivity index (χ2v) is 6.38. The average Bonchev–Trinajstić information content (AvgIpc) is 2.25. The first-order chi connectivity index (χ1) is 8.19. The molecule has 0 amide bonds. The van der Waals surface area contributed by atoms with Crippen molar-refractivity contribution in [3.63, 3.8) is 0 Å². The molecular weight excluding hydrogens is 280 g/mol. The second kappa shape index (κ2) is 4.02. The van der Waals surface area contributed by atoms with E-state index in [1.54, 1.807) is 24.3 Å². The average molecular weight is 288 g/mol. The van der Waals surface area contributed by atoms with Crippen molar-refractivity contribution in [2.45, 2.75) is 9.79 Å². The SMILES string of the molecule is O=S(=O)(O)c1cc2ccccc2cc1S(=O)(=O)O. The minimum atomic E-state index is -4.75. The molecular formula is C10H8O6S2. The maximum absolute atomic E-state index is 11.1. The van der Waals surface area contributed by atoms with Crippen molar-refractivity contribution in [3.8, 4) is 0 Å². The maximum Gasteiger partial charge on any atom is 0.295 e. The van der Waals surface area contributed by atoms with Crippen LogP contribution in [0.5, 0.6) is 0 Å². The van der Waals surface area contributed by atoms with E-state index in [1.165, 1.54) is 0 Å². The highest BCUT2D eigenvalue weighted by Crippen LogP contribution is 2.26. The highest BCUT2D eigenvalue weighted by Gasteiger charge is 2.24. The minimum absolute atomic E-state index is 0.428. The molecule has 0 aliphatic rings. The van der Waals surface area contributed by atoms with Crippen LogP contribution in [0.3, 0.4) is 0 Å². The van der Waals surface area contributed by atoms with Crippen LogP contribution in [0.4, 0.5) is 0 Å². The highest BCUT2D eigenvalue weighted by molar-refractivity contribution is 7.89. The number of hydrogen-bond donors (Lipinski definition) is 2. The van der Waals surface area contributed by atoms with Gasteiger partial charge in [-0.3, -0.25) is 9.11 Å². The van der Waals surface area contributed by atoms with Gasteiger partial charge >= 0.3 is 0 Å². The molecule has 6 nitrogen and oxygen atoms in total. The Balaban J connectivity index is 2.99. The summed E-state index contributed by atoms with van der Waals surface area (Å²) in [5.74, 6) is 0. The molecule has 8 heteroatoms. The Labute approximate surface area is 103 Å². The molecule has 0 radical (unpaired) electrons. The van der Waals surface area contributed by atoms with Crippen molar-refractivity contribution in [2.75, 3.05) is 0 Å². The van der Waals surface area contributed by atoms with Crippen LogP contribution in [-0.4, -0.2) is 25.9 Å². The fraction of sp³-hybridized carbons (Fsp3) is 0. The van der Waals surface area contributed by atoms with E-state index in [4.69, 9.17) is 9.11 Å². The van der Waals surface area contributed by atoms with Gasteiger partial charge in [0.15, 0.2) is 0 Å². The van der Waals surface area contributed by atoms with Gasteiger partial charge in [0.2, 0.25) is 0 Å². The minimum Gasteiger partial charge on any atom is -0.282 e. The summed E-state index contributed by atoms with van der Waals surface area (Å²) >= 11 is 0. The van der Waals surface area contributed by atoms with Crippen LogP contribution < -0.4 is 0 Å². The van der Waals surface area contributed by atoms with Crippen molar-refractivity contribution < 1.29 is 25.9 Å². The van der Waals surface area contributed by atoms with E-state index in [0.29, 0.717) is 10.8 Å². The van der Waals surface area contributed by atoms with Crippen LogP contribution in [0.15, 0.2) is 46.2 Å². The third-order valence-corrected chi connectivity index (χ3v) is 4.28. The fourth-order valence-electron chi connectivity index (χ4n) is 1.60. The molecule has 0 heterocycles. The molecule has 2 aromatic rings. The van der Waals surface area contributed by atoms with Crippen LogP contribution in [0, 0.1) is 0 Å². The van der Waals surface area contributed by atoms with E-state index >= 15 is 0 Å². The first kappa shape index (κ1) is 13.0. The Hall–Kier alpha value is -1.48. The van der Waals surface area contributed by atoms with E-state index < -0.39 is 30.0 Å². The van der Waals surface area contributed by atoms with Gasteiger partial charge < -0.3 is 0 Å². The zero-order chi connectivity index (χ0) is 13.6. The molecule has 0 aliphatic heterocycles. The molecule has 0 unspecified atom stereocenters. The van der Waals surface area contributed by atoms with Gasteiger partial charge in [-0.2, -0.15) is 16.8 Å². The largest absolute Gasteiger partial charge is 0.295 e. The number of rotatable bonds is 2. The van der Waals surface area contributed by atoms with Crippen LogP contribution >= 0.6 is 0 Å². The van der Waals surface area contributed by atoms with Crippen LogP contribution in [0.25, 0.3) is 10.8 Å². The summed E-state index contributed by atoms with van der Waals surface area (Å²) < 4.78 is 62.5. The van der Waals surface area contributed by atoms with Gasteiger partial charge in [0.05, 0.1) is 0 Å². The lowest BCUT2D eigenvalue weighted by atomic mass is 10.1. The predicted octanol–water partition coefficient (Wildman–Crippen LogP) is 1.33. The summed E-state index contributed by atoms with van der Waals surface area (Å²) in [5, 5.41) is 0.857. The van der Waals surface area contributed by atoms with Crippen LogP contribution in [-0.2, 0) is 20.2 Å². The Bertz CT molecular complexity index is 750. The lowest BCUT2D eigenvalue weighted by Crippen LogP contribution is -2.08. The summed E-state index contributed by atoms with van der Waals surface area (Å²) in [5.41, 5.74) is 0. The topological polar surface area (TPSA) is 109 Å². The van der Waals surface area contributed by atoms with Gasteiger partial charge in [0.1, 0.15) is 9.79 Å². The van der Waals surface area contributed by atoms with Crippen molar-refractivity contribution >= 4 is 31.0 Å². The normalized spacial score (nSPS) is 12.8. The van der Waals surface area contributed by atoms with Gasteiger partial charge in [0, 0.05) is 0 Å². The molecule has 0 atom stereocenters. The van der Waals surface area contributed by atoms with E-state index in [1.807, 2.05) is 0 Å². The van der Waals surface area contributed by atoms with Gasteiger partial charge in [0.25, 0.3) is 20.2 Å². The third kappa shape index (κ3) is 2.36. The van der Waals surface area contributed by atoms with Gasteiger partial charge in [-0.15, -0.1) is 0 Å². The second-order valence-electron chi connectivity index (χ2n) is 3.60. The number of fused-ring (bicyclic) bond motifs is 1. The summed E-state index contributed by atoms with van der Waals surface area (Å²) in [4.78, 5) is -1.69. The van der Waals surface area contributed by atoms with E-state index in [2.05, 4.69) is 0 Å². The van der Waals surface area contributed by atoms with E-state index in [-0.39, 0.29) is 0 Å². The van der Waals surface area contributed by atoms with Crippen molar-refractivity contribution in [2.24, 2.45) is 0 Å². The highest BCUT2D eigenvalue weighted by atomic mass is 32.2. The van der Waals surface area contributed by atoms with Crippen LogP contribution in [0.1, 0.15) is 0 Å². The summed E-state index contributed by atoms with van der Waals surface area (Å²) in [7, 11) is -9.49. The van der Waals surface area contributed by atoms with Crippen LogP contribution in [0.2, 0.25) is 0 Å². The molecule has 2 aromatic carbocycles. The zero-order valence-electron chi connectivity index (χ0n) is 8.81. The van der Waals surface area contributed by atoms with Crippen molar-refractivity contribution in [1.29, 1.82) is 0 Å². The molecule has 0 aliphatic carbocycles. The lowest BCUT2D eigenvalue weighted by Gasteiger charge is -2.06. The van der Waals surface area contributed by atoms with Crippen molar-refractivity contribution in [3.05, 3.63) is 36.4 Å². The van der Waals surface area contributed by atoms with Crippen molar-refractivity contribution in [1.82, 2.24) is 0 Å². The maximum atomic E-state index is 11.1. The summed E-state index contributed by atoms with van der Waals surface area (Å²) in [6.45, 7) is 0. The fourth-order valence-corrected chi connectivity index (χ4v) is 3.41. The van der Waals surface area contributed by atoms with Gasteiger partial charge in [-0.1, -0.05) is 24.3 Å². The quantitative estimate of drug-likeness (QED) is 0.807. The zero-order valence-corrected chi connectivity index (χ0v) is 10.4. The molecule has 0 bridgehead atoms. The monoisotopic (exact) mass is 288 g/mol. The first-order valence-electron chi connectivity index (χ1n) is 4.67. The third-order valence-electron chi connectivity index (χ3n) is 2.37. The summed E-state index contributed by atoms with van der Waals surface area (Å²) in [6, 6.07) is 8.35. The molecule has 18 heavy (non-hydrogen) atoms. The Kier molecular flexibility index (Phi) is 2.90. The summed E-state index contributed by atoms with van der Waals surface area (Å²) in [6.07, 6.45) is 0. The van der Waals surface area contributed by atoms with Gasteiger partial charge in [-0.05, 0) is 22.9 Å². The standard InChI is InChI=1S/C10H8O6S2/c11-17(12,13)9-5-7-3-1-2-4-8(7)6-10(9)18(14,15)16/h1-6H,(H,11,12,13)(H,14,15,16). The first-order valence-corrected chi connectivity index (χ1v) is 7.55. The number of benzene rings is 2. The molecule has 0 saturated carbocycles. The molecule has 0 aromatic heterocycles. The molecule has 2 rings (SSSR count). The molecule has 0 saturated heterocycles. The predicted molar refractivity (Wildman–Crippen MR) is 63.6 cm³/mol. The molecule has 2 N–H and O–H groups in total. The number of hydrogen-bond acceptors (Lipinski definition) is 4. The lowest BCUT2D eigenvalue weighted by molar-refractivity contribution is 0.467. The molecule has 96 valence electrons. The Morgan fingerprint density at radius 3 is 1.33 bits per heavy atom. The Morgan fingerprint density at radius 2 is 1.06 bits per heavy atom. The molecule has 0 spiro atoms. The molecule has 0 fully saturated rings. The smallest absolute Gasteiger partial charge is 0.282 e. The van der Waals surface area contributed by atoms with E-state index in [0.717, 1.165) is 12.1 Å². The van der Waals surface area contributed by atoms with E-state index in [9.17, 15) is 16.8 Å².